The Morgan fingerprint density at radius 1 is 0.967 bits per heavy atom. The van der Waals surface area contributed by atoms with E-state index in [9.17, 15) is 14.4 Å². The van der Waals surface area contributed by atoms with Gasteiger partial charge in [-0.2, -0.15) is 0 Å². The molecule has 2 saturated heterocycles. The lowest BCUT2D eigenvalue weighted by atomic mass is 9.67. The van der Waals surface area contributed by atoms with Crippen molar-refractivity contribution in [2.45, 2.75) is 122 Å². The number of ether oxygens (including phenoxy) is 2. The molecule has 30 heavy (non-hydrogen) atoms. The molecule has 170 valence electrons. The molecule has 3 atom stereocenters. The van der Waals surface area contributed by atoms with Crippen LogP contribution in [0.1, 0.15) is 92.9 Å². The number of carbonyl (C=O) groups excluding carboxylic acids is 3. The van der Waals surface area contributed by atoms with E-state index in [0.717, 1.165) is 32.1 Å². The number of piperidine rings is 1. The van der Waals surface area contributed by atoms with Crippen molar-refractivity contribution < 1.29 is 23.9 Å². The fourth-order valence-corrected chi connectivity index (χ4v) is 5.46. The van der Waals surface area contributed by atoms with E-state index in [-0.39, 0.29) is 23.3 Å². The zero-order valence-corrected chi connectivity index (χ0v) is 19.4. The maximum absolute atomic E-state index is 13.5. The van der Waals surface area contributed by atoms with Crippen molar-refractivity contribution in [2.75, 3.05) is 0 Å². The number of carbonyl (C=O) groups is 3. The first kappa shape index (κ1) is 22.9. The second-order valence-corrected chi connectivity index (χ2v) is 11.2. The monoisotopic (exact) mass is 422 g/mol. The average Bonchev–Trinajstić information content (AvgIpc) is 2.90. The molecule has 1 aliphatic carbocycles. The number of esters is 1. The van der Waals surface area contributed by atoms with Crippen LogP contribution in [0.3, 0.4) is 0 Å². The Balaban J connectivity index is 1.82. The minimum absolute atomic E-state index is 0.00757. The van der Waals surface area contributed by atoms with Crippen LogP contribution in [-0.2, 0) is 19.1 Å². The van der Waals surface area contributed by atoms with Crippen LogP contribution in [0.4, 0.5) is 4.79 Å². The summed E-state index contributed by atoms with van der Waals surface area (Å²) in [6, 6.07) is -1.21. The van der Waals surface area contributed by atoms with Gasteiger partial charge in [-0.3, -0.25) is 4.79 Å². The molecule has 0 radical (unpaired) electrons. The van der Waals surface area contributed by atoms with Gasteiger partial charge in [0.15, 0.2) is 0 Å². The molecule has 1 spiro atoms. The number of hydrogen-bond donors (Lipinski definition) is 1. The Kier molecular flexibility index (Phi) is 6.14. The highest BCUT2D eigenvalue weighted by molar-refractivity contribution is 5.91. The molecule has 2 heterocycles. The van der Waals surface area contributed by atoms with Crippen LogP contribution in [0.5, 0.6) is 0 Å². The smallest absolute Gasteiger partial charge is 0.408 e. The summed E-state index contributed by atoms with van der Waals surface area (Å²) in [6.45, 7) is 10.9. The summed E-state index contributed by atoms with van der Waals surface area (Å²) in [6.07, 6.45) is 7.00. The standard InChI is InChI=1S/C23H38N2O5/c1-21(2,3)29-19(27)16-14-23(12-8-7-9-13-23)17-11-10-15(18(26)25(16)17)24-20(28)30-22(4,5)6/h15-17H,7-14H2,1-6H3,(H,24,28)/t15-,16-,17+/m0/s1. The molecule has 3 aliphatic rings. The molecule has 0 aromatic heterocycles. The van der Waals surface area contributed by atoms with Crippen molar-refractivity contribution in [1.82, 2.24) is 10.2 Å². The van der Waals surface area contributed by atoms with Crippen molar-refractivity contribution >= 4 is 18.0 Å². The molecule has 2 aliphatic heterocycles. The van der Waals surface area contributed by atoms with Crippen molar-refractivity contribution in [2.24, 2.45) is 5.41 Å². The highest BCUT2D eigenvalue weighted by Crippen LogP contribution is 2.53. The minimum Gasteiger partial charge on any atom is -0.458 e. The van der Waals surface area contributed by atoms with Gasteiger partial charge in [0.05, 0.1) is 0 Å². The molecule has 0 aromatic carbocycles. The maximum Gasteiger partial charge on any atom is 0.408 e. The molecule has 2 amide bonds. The molecule has 0 unspecified atom stereocenters. The van der Waals surface area contributed by atoms with Gasteiger partial charge in [-0.25, -0.2) is 9.59 Å². The van der Waals surface area contributed by atoms with Gasteiger partial charge >= 0.3 is 12.1 Å². The van der Waals surface area contributed by atoms with Crippen LogP contribution >= 0.6 is 0 Å². The van der Waals surface area contributed by atoms with Gasteiger partial charge in [0.25, 0.3) is 0 Å². The first-order valence-electron chi connectivity index (χ1n) is 11.4. The van der Waals surface area contributed by atoms with Crippen LogP contribution in [-0.4, -0.2) is 52.2 Å². The summed E-state index contributed by atoms with van der Waals surface area (Å²) >= 11 is 0. The zero-order chi connectivity index (χ0) is 22.3. The molecule has 3 fully saturated rings. The summed E-state index contributed by atoms with van der Waals surface area (Å²) < 4.78 is 11.0. The van der Waals surface area contributed by atoms with Crippen molar-refractivity contribution in [3.63, 3.8) is 0 Å². The largest absolute Gasteiger partial charge is 0.458 e. The molecule has 7 nitrogen and oxygen atoms in total. The molecular weight excluding hydrogens is 384 g/mol. The Hall–Kier alpha value is -1.79. The summed E-state index contributed by atoms with van der Waals surface area (Å²) in [4.78, 5) is 40.6. The van der Waals surface area contributed by atoms with Crippen LogP contribution in [0, 0.1) is 5.41 Å². The van der Waals surface area contributed by atoms with Gasteiger partial charge < -0.3 is 19.7 Å². The number of rotatable bonds is 2. The highest BCUT2D eigenvalue weighted by Gasteiger charge is 2.59. The third-order valence-electron chi connectivity index (χ3n) is 6.48. The third-order valence-corrected chi connectivity index (χ3v) is 6.48. The molecule has 0 bridgehead atoms. The Morgan fingerprint density at radius 3 is 2.13 bits per heavy atom. The van der Waals surface area contributed by atoms with Crippen LogP contribution in [0.25, 0.3) is 0 Å². The van der Waals surface area contributed by atoms with E-state index in [4.69, 9.17) is 9.47 Å². The van der Waals surface area contributed by atoms with Crippen LogP contribution < -0.4 is 5.32 Å². The normalized spacial score (nSPS) is 28.8. The molecular formula is C23H38N2O5. The second-order valence-electron chi connectivity index (χ2n) is 11.2. The second kappa shape index (κ2) is 8.04. The molecule has 1 saturated carbocycles. The van der Waals surface area contributed by atoms with E-state index >= 15 is 0 Å². The zero-order valence-electron chi connectivity index (χ0n) is 19.4. The van der Waals surface area contributed by atoms with E-state index in [1.54, 1.807) is 25.7 Å². The fraction of sp³-hybridized carbons (Fsp3) is 0.870. The van der Waals surface area contributed by atoms with Gasteiger partial charge in [-0.15, -0.1) is 0 Å². The van der Waals surface area contributed by atoms with E-state index in [2.05, 4.69) is 5.32 Å². The molecule has 1 N–H and O–H groups in total. The lowest BCUT2D eigenvalue weighted by Crippen LogP contribution is -2.59. The van der Waals surface area contributed by atoms with Gasteiger partial charge in [-0.05, 0) is 79.1 Å². The van der Waals surface area contributed by atoms with Crippen LogP contribution in [0.15, 0.2) is 0 Å². The summed E-state index contributed by atoms with van der Waals surface area (Å²) in [5, 5.41) is 2.73. The topological polar surface area (TPSA) is 84.9 Å². The highest BCUT2D eigenvalue weighted by atomic mass is 16.6. The molecule has 7 heteroatoms. The lowest BCUT2D eigenvalue weighted by molar-refractivity contribution is -0.165. The summed E-state index contributed by atoms with van der Waals surface area (Å²) in [5.74, 6) is -0.517. The van der Waals surface area contributed by atoms with Crippen molar-refractivity contribution in [3.8, 4) is 0 Å². The summed E-state index contributed by atoms with van der Waals surface area (Å²) in [5.41, 5.74) is -1.25. The first-order valence-corrected chi connectivity index (χ1v) is 11.4. The average molecular weight is 423 g/mol. The SMILES string of the molecule is CC(C)(C)OC(=O)N[C@H]1CC[C@H]2N(C1=O)[C@H](C(=O)OC(C)(C)C)CC21CCCCC1. The summed E-state index contributed by atoms with van der Waals surface area (Å²) in [7, 11) is 0. The van der Waals surface area contributed by atoms with E-state index in [1.165, 1.54) is 6.42 Å². The predicted molar refractivity (Wildman–Crippen MR) is 113 cm³/mol. The number of nitrogens with zero attached hydrogens (tertiary/aromatic N) is 1. The van der Waals surface area contributed by atoms with Crippen molar-refractivity contribution in [3.05, 3.63) is 0 Å². The van der Waals surface area contributed by atoms with Gasteiger partial charge in [0.1, 0.15) is 23.3 Å². The maximum atomic E-state index is 13.5. The predicted octanol–water partition coefficient (Wildman–Crippen LogP) is 3.94. The number of nitrogens with one attached hydrogen (secondary N) is 1. The first-order chi connectivity index (χ1) is 13.8. The molecule has 3 rings (SSSR count). The number of alkyl carbamates (subject to hydrolysis) is 1. The third kappa shape index (κ3) is 4.92. The van der Waals surface area contributed by atoms with E-state index < -0.39 is 29.4 Å². The van der Waals surface area contributed by atoms with E-state index in [0.29, 0.717) is 12.8 Å². The van der Waals surface area contributed by atoms with Gasteiger partial charge in [0.2, 0.25) is 5.91 Å². The quantitative estimate of drug-likeness (QED) is 0.682. The van der Waals surface area contributed by atoms with E-state index in [1.807, 2.05) is 20.8 Å². The van der Waals surface area contributed by atoms with Gasteiger partial charge in [0, 0.05) is 6.04 Å². The Bertz CT molecular complexity index is 685. The van der Waals surface area contributed by atoms with Crippen molar-refractivity contribution in [1.29, 1.82) is 0 Å². The molecule has 0 aromatic rings. The Labute approximate surface area is 180 Å². The number of hydrogen-bond acceptors (Lipinski definition) is 5. The number of amides is 2. The Morgan fingerprint density at radius 2 is 1.57 bits per heavy atom. The fourth-order valence-electron chi connectivity index (χ4n) is 5.46. The van der Waals surface area contributed by atoms with Crippen LogP contribution in [0.2, 0.25) is 0 Å². The number of fused-ring (bicyclic) bond motifs is 2. The lowest BCUT2D eigenvalue weighted by Gasteiger charge is -2.45. The van der Waals surface area contributed by atoms with Gasteiger partial charge in [-0.1, -0.05) is 19.3 Å². The minimum atomic E-state index is -0.667.